The van der Waals surface area contributed by atoms with Crippen LogP contribution in [0.5, 0.6) is 0 Å². The highest BCUT2D eigenvalue weighted by Crippen LogP contribution is 2.22. The summed E-state index contributed by atoms with van der Waals surface area (Å²) in [6.07, 6.45) is 0. The molecular weight excluding hydrogens is 223 g/mol. The van der Waals surface area contributed by atoms with Crippen LogP contribution in [0.25, 0.3) is 0 Å². The van der Waals surface area contributed by atoms with Gasteiger partial charge in [-0.1, -0.05) is 23.9 Å². The van der Waals surface area contributed by atoms with E-state index < -0.39 is 0 Å². The van der Waals surface area contributed by atoms with E-state index in [9.17, 15) is 4.39 Å². The SMILES string of the molecule is CC1(C)CSC(=NCc2cccc(F)c2)N1. The molecule has 0 radical (unpaired) electrons. The Labute approximate surface area is 99.3 Å². The molecule has 86 valence electrons. The molecule has 1 fully saturated rings. The summed E-state index contributed by atoms with van der Waals surface area (Å²) in [5.41, 5.74) is 1.02. The van der Waals surface area contributed by atoms with Gasteiger partial charge in [-0.25, -0.2) is 4.39 Å². The molecule has 0 atom stereocenters. The number of thioether (sulfide) groups is 1. The van der Waals surface area contributed by atoms with Crippen LogP contribution in [-0.4, -0.2) is 16.5 Å². The van der Waals surface area contributed by atoms with Crippen LogP contribution in [0.3, 0.4) is 0 Å². The number of aliphatic imine (C=N–C) groups is 1. The van der Waals surface area contributed by atoms with Crippen LogP contribution < -0.4 is 5.32 Å². The second-order valence-electron chi connectivity index (χ2n) is 4.55. The third-order valence-corrected chi connectivity index (χ3v) is 3.68. The summed E-state index contributed by atoms with van der Waals surface area (Å²) >= 11 is 1.72. The Morgan fingerprint density at radius 1 is 1.50 bits per heavy atom. The van der Waals surface area contributed by atoms with Crippen molar-refractivity contribution in [1.29, 1.82) is 0 Å². The zero-order valence-corrected chi connectivity index (χ0v) is 10.3. The minimum absolute atomic E-state index is 0.117. The standard InChI is InChI=1S/C12H15FN2S/c1-12(2)8-16-11(15-12)14-7-9-4-3-5-10(13)6-9/h3-6H,7-8H2,1-2H3,(H,14,15). The van der Waals surface area contributed by atoms with Crippen molar-refractivity contribution in [1.82, 2.24) is 5.32 Å². The van der Waals surface area contributed by atoms with Gasteiger partial charge in [-0.3, -0.25) is 4.99 Å². The smallest absolute Gasteiger partial charge is 0.157 e. The first kappa shape index (κ1) is 11.5. The van der Waals surface area contributed by atoms with E-state index in [0.717, 1.165) is 16.5 Å². The molecule has 16 heavy (non-hydrogen) atoms. The first-order chi connectivity index (χ1) is 7.55. The summed E-state index contributed by atoms with van der Waals surface area (Å²) in [4.78, 5) is 4.43. The molecule has 0 aromatic heterocycles. The Hall–Kier alpha value is -1.03. The van der Waals surface area contributed by atoms with Crippen LogP contribution in [0.1, 0.15) is 19.4 Å². The zero-order valence-electron chi connectivity index (χ0n) is 9.46. The first-order valence-electron chi connectivity index (χ1n) is 5.25. The van der Waals surface area contributed by atoms with E-state index in [0.29, 0.717) is 6.54 Å². The Morgan fingerprint density at radius 3 is 2.94 bits per heavy atom. The van der Waals surface area contributed by atoms with Crippen LogP contribution in [0.2, 0.25) is 0 Å². The molecule has 1 aliphatic heterocycles. The minimum Gasteiger partial charge on any atom is -0.359 e. The summed E-state index contributed by atoms with van der Waals surface area (Å²) in [7, 11) is 0. The maximum Gasteiger partial charge on any atom is 0.157 e. The van der Waals surface area contributed by atoms with Gasteiger partial charge < -0.3 is 5.32 Å². The molecule has 2 rings (SSSR count). The van der Waals surface area contributed by atoms with E-state index in [1.165, 1.54) is 12.1 Å². The number of halogens is 1. The molecule has 1 aliphatic rings. The van der Waals surface area contributed by atoms with E-state index in [4.69, 9.17) is 0 Å². The van der Waals surface area contributed by atoms with Crippen molar-refractivity contribution in [3.63, 3.8) is 0 Å². The number of hydrogen-bond acceptors (Lipinski definition) is 2. The van der Waals surface area contributed by atoms with Crippen molar-refractivity contribution in [2.45, 2.75) is 25.9 Å². The molecule has 0 bridgehead atoms. The third-order valence-electron chi connectivity index (χ3n) is 2.31. The van der Waals surface area contributed by atoms with E-state index in [2.05, 4.69) is 24.2 Å². The Kier molecular flexibility index (Phi) is 3.19. The molecule has 1 N–H and O–H groups in total. The van der Waals surface area contributed by atoms with Crippen molar-refractivity contribution in [2.75, 3.05) is 5.75 Å². The lowest BCUT2D eigenvalue weighted by Crippen LogP contribution is -2.36. The third kappa shape index (κ3) is 2.98. The number of nitrogens with zero attached hydrogens (tertiary/aromatic N) is 1. The predicted molar refractivity (Wildman–Crippen MR) is 67.2 cm³/mol. The van der Waals surface area contributed by atoms with Gasteiger partial charge in [0.15, 0.2) is 5.17 Å². The Morgan fingerprint density at radius 2 is 2.31 bits per heavy atom. The molecule has 2 nitrogen and oxygen atoms in total. The van der Waals surface area contributed by atoms with Crippen LogP contribution in [0, 0.1) is 5.82 Å². The average molecular weight is 238 g/mol. The number of amidine groups is 1. The van der Waals surface area contributed by atoms with Gasteiger partial charge in [0, 0.05) is 11.3 Å². The topological polar surface area (TPSA) is 24.4 Å². The fourth-order valence-corrected chi connectivity index (χ4v) is 2.57. The van der Waals surface area contributed by atoms with Crippen LogP contribution >= 0.6 is 11.8 Å². The highest BCUT2D eigenvalue weighted by atomic mass is 32.2. The molecule has 0 unspecified atom stereocenters. The highest BCUT2D eigenvalue weighted by Gasteiger charge is 2.26. The molecular formula is C12H15FN2S. The second-order valence-corrected chi connectivity index (χ2v) is 5.51. The maximum atomic E-state index is 12.9. The lowest BCUT2D eigenvalue weighted by molar-refractivity contribution is 0.536. The number of nitrogens with one attached hydrogen (secondary N) is 1. The first-order valence-corrected chi connectivity index (χ1v) is 6.24. The summed E-state index contributed by atoms with van der Waals surface area (Å²) < 4.78 is 12.9. The molecule has 0 amide bonds. The van der Waals surface area contributed by atoms with Gasteiger partial charge in [-0.05, 0) is 31.5 Å². The number of rotatable bonds is 2. The van der Waals surface area contributed by atoms with Gasteiger partial charge >= 0.3 is 0 Å². The van der Waals surface area contributed by atoms with Crippen LogP contribution in [0.15, 0.2) is 29.3 Å². The Bertz CT molecular complexity index is 415. The highest BCUT2D eigenvalue weighted by molar-refractivity contribution is 8.14. The normalized spacial score (nSPS) is 21.1. The fraction of sp³-hybridized carbons (Fsp3) is 0.417. The second kappa shape index (κ2) is 4.45. The van der Waals surface area contributed by atoms with E-state index >= 15 is 0 Å². The van der Waals surface area contributed by atoms with Crippen molar-refractivity contribution in [3.05, 3.63) is 35.6 Å². The van der Waals surface area contributed by atoms with Gasteiger partial charge in [0.05, 0.1) is 6.54 Å². The molecule has 1 aromatic carbocycles. The fourth-order valence-electron chi connectivity index (χ4n) is 1.49. The average Bonchev–Trinajstić information content (AvgIpc) is 2.56. The van der Waals surface area contributed by atoms with Gasteiger partial charge in [0.2, 0.25) is 0 Å². The van der Waals surface area contributed by atoms with Gasteiger partial charge in [0.25, 0.3) is 0 Å². The zero-order chi connectivity index (χ0) is 11.6. The van der Waals surface area contributed by atoms with Gasteiger partial charge in [-0.2, -0.15) is 0 Å². The largest absolute Gasteiger partial charge is 0.359 e. The Balaban J connectivity index is 2.00. The summed E-state index contributed by atoms with van der Waals surface area (Å²) in [5.74, 6) is 0.819. The molecule has 4 heteroatoms. The molecule has 1 heterocycles. The quantitative estimate of drug-likeness (QED) is 0.856. The van der Waals surface area contributed by atoms with Gasteiger partial charge in [-0.15, -0.1) is 0 Å². The maximum absolute atomic E-state index is 12.9. The number of benzene rings is 1. The van der Waals surface area contributed by atoms with Crippen molar-refractivity contribution >= 4 is 16.9 Å². The molecule has 0 spiro atoms. The molecule has 0 saturated carbocycles. The molecule has 1 aromatic rings. The van der Waals surface area contributed by atoms with Crippen molar-refractivity contribution in [3.8, 4) is 0 Å². The summed E-state index contributed by atoms with van der Waals surface area (Å²) in [6, 6.07) is 6.57. The van der Waals surface area contributed by atoms with Crippen molar-refractivity contribution < 1.29 is 4.39 Å². The van der Waals surface area contributed by atoms with E-state index in [-0.39, 0.29) is 11.4 Å². The minimum atomic E-state index is -0.204. The van der Waals surface area contributed by atoms with E-state index in [1.807, 2.05) is 6.07 Å². The van der Waals surface area contributed by atoms with Crippen LogP contribution in [-0.2, 0) is 6.54 Å². The lowest BCUT2D eigenvalue weighted by Gasteiger charge is -2.15. The molecule has 1 saturated heterocycles. The number of hydrogen-bond donors (Lipinski definition) is 1. The van der Waals surface area contributed by atoms with Crippen molar-refractivity contribution in [2.24, 2.45) is 4.99 Å². The predicted octanol–water partition coefficient (Wildman–Crippen LogP) is 2.80. The monoisotopic (exact) mass is 238 g/mol. The van der Waals surface area contributed by atoms with Crippen LogP contribution in [0.4, 0.5) is 4.39 Å². The van der Waals surface area contributed by atoms with Gasteiger partial charge in [0.1, 0.15) is 5.82 Å². The summed E-state index contributed by atoms with van der Waals surface area (Å²) in [6.45, 7) is 4.82. The van der Waals surface area contributed by atoms with E-state index in [1.54, 1.807) is 17.8 Å². The lowest BCUT2D eigenvalue weighted by atomic mass is 10.1. The summed E-state index contributed by atoms with van der Waals surface area (Å²) in [5, 5.41) is 4.29. The molecule has 0 aliphatic carbocycles.